The van der Waals surface area contributed by atoms with E-state index in [1.807, 2.05) is 0 Å². The summed E-state index contributed by atoms with van der Waals surface area (Å²) in [5, 5.41) is 0. The molecular formula is C15H18O5. The lowest BCUT2D eigenvalue weighted by molar-refractivity contribution is -0.244. The van der Waals surface area contributed by atoms with Crippen molar-refractivity contribution in [3.8, 4) is 0 Å². The van der Waals surface area contributed by atoms with Gasteiger partial charge in [-0.2, -0.15) is 0 Å². The summed E-state index contributed by atoms with van der Waals surface area (Å²) < 4.78 is 11.0. The highest BCUT2D eigenvalue weighted by Crippen LogP contribution is 2.72. The molecule has 6 atom stereocenters. The van der Waals surface area contributed by atoms with E-state index >= 15 is 0 Å². The Labute approximate surface area is 117 Å². The quantitative estimate of drug-likeness (QED) is 0.562. The fraction of sp³-hybridized carbons (Fsp3) is 0.800. The molecule has 0 unspecified atom stereocenters. The smallest absolute Gasteiger partial charge is 0.305 e. The van der Waals surface area contributed by atoms with Crippen LogP contribution in [0.1, 0.15) is 33.1 Å². The fourth-order valence-electron chi connectivity index (χ4n) is 5.86. The summed E-state index contributed by atoms with van der Waals surface area (Å²) in [6.07, 6.45) is 2.27. The molecule has 4 aliphatic rings. The first-order chi connectivity index (χ1) is 9.43. The first kappa shape index (κ1) is 12.4. The average molecular weight is 278 g/mol. The van der Waals surface area contributed by atoms with Crippen molar-refractivity contribution in [1.29, 1.82) is 0 Å². The van der Waals surface area contributed by atoms with Gasteiger partial charge in [-0.15, -0.1) is 0 Å². The Balaban J connectivity index is 1.77. The summed E-state index contributed by atoms with van der Waals surface area (Å²) in [5.74, 6) is -0.392. The Kier molecular flexibility index (Phi) is 2.24. The first-order valence-corrected chi connectivity index (χ1v) is 7.35. The summed E-state index contributed by atoms with van der Waals surface area (Å²) in [5.41, 5.74) is 0. The molecule has 0 aromatic carbocycles. The van der Waals surface area contributed by atoms with Gasteiger partial charge in [0.25, 0.3) is 5.79 Å². The maximum atomic E-state index is 12.3. The van der Waals surface area contributed by atoms with Gasteiger partial charge in [0.1, 0.15) is 5.78 Å². The van der Waals surface area contributed by atoms with E-state index in [9.17, 15) is 14.4 Å². The Bertz CT molecular complexity index is 508. The monoisotopic (exact) mass is 278 g/mol. The zero-order chi connectivity index (χ0) is 14.2. The van der Waals surface area contributed by atoms with E-state index in [0.29, 0.717) is 36.5 Å². The van der Waals surface area contributed by atoms with E-state index in [1.54, 1.807) is 0 Å². The molecule has 0 aliphatic heterocycles. The standard InChI is InChI=1S/C15H18O5/c1-6(16)19-15(20-7(2)17)5-11-8-4-12(18)13-9(8)3-10(11)14(13)15/h8-11,13-14H,3-5H2,1-2H3/t8-,9-,10+,11+,13+,14+/m0/s1. The van der Waals surface area contributed by atoms with Crippen LogP contribution in [0.2, 0.25) is 0 Å². The van der Waals surface area contributed by atoms with Crippen molar-refractivity contribution in [2.75, 3.05) is 0 Å². The van der Waals surface area contributed by atoms with Crippen LogP contribution in [-0.4, -0.2) is 23.5 Å². The van der Waals surface area contributed by atoms with Crippen LogP contribution in [0.3, 0.4) is 0 Å². The SMILES string of the molecule is CC(=O)OC1(OC(C)=O)C[C@@H]2[C@H]3CC(=O)[C@H]4[C@H]3C[C@H]2[C@H]41. The van der Waals surface area contributed by atoms with Gasteiger partial charge in [-0.1, -0.05) is 0 Å². The van der Waals surface area contributed by atoms with Crippen LogP contribution >= 0.6 is 0 Å². The highest BCUT2D eigenvalue weighted by atomic mass is 16.7. The van der Waals surface area contributed by atoms with Gasteiger partial charge in [0, 0.05) is 38.5 Å². The fourth-order valence-corrected chi connectivity index (χ4v) is 5.86. The molecule has 108 valence electrons. The number of Topliss-reactive ketones (excluding diaryl/α,β-unsaturated/α-hetero) is 1. The van der Waals surface area contributed by atoms with E-state index in [-0.39, 0.29) is 17.6 Å². The minimum Gasteiger partial charge on any atom is -0.422 e. The highest BCUT2D eigenvalue weighted by molar-refractivity contribution is 5.86. The normalized spacial score (nSPS) is 45.8. The Morgan fingerprint density at radius 2 is 1.70 bits per heavy atom. The van der Waals surface area contributed by atoms with Crippen molar-refractivity contribution >= 4 is 17.7 Å². The number of carbonyl (C=O) groups excluding carboxylic acids is 3. The van der Waals surface area contributed by atoms with Crippen LogP contribution in [0.5, 0.6) is 0 Å². The van der Waals surface area contributed by atoms with Crippen molar-refractivity contribution in [1.82, 2.24) is 0 Å². The molecule has 5 heteroatoms. The molecule has 0 saturated heterocycles. The summed E-state index contributed by atoms with van der Waals surface area (Å²) in [7, 11) is 0. The predicted molar refractivity (Wildman–Crippen MR) is 66.1 cm³/mol. The van der Waals surface area contributed by atoms with Crippen molar-refractivity contribution in [3.05, 3.63) is 0 Å². The molecule has 4 rings (SSSR count). The molecule has 4 saturated carbocycles. The molecule has 0 spiro atoms. The van der Waals surface area contributed by atoms with Crippen molar-refractivity contribution in [2.24, 2.45) is 35.5 Å². The molecule has 4 fully saturated rings. The molecule has 2 bridgehead atoms. The molecular weight excluding hydrogens is 260 g/mol. The lowest BCUT2D eigenvalue weighted by Crippen LogP contribution is -2.46. The predicted octanol–water partition coefficient (Wildman–Crippen LogP) is 1.30. The van der Waals surface area contributed by atoms with Crippen LogP contribution in [0.4, 0.5) is 0 Å². The van der Waals surface area contributed by atoms with Crippen molar-refractivity contribution < 1.29 is 23.9 Å². The van der Waals surface area contributed by atoms with Crippen LogP contribution in [0, 0.1) is 35.5 Å². The van der Waals surface area contributed by atoms with Gasteiger partial charge in [0.15, 0.2) is 0 Å². The van der Waals surface area contributed by atoms with Crippen LogP contribution in [0.25, 0.3) is 0 Å². The number of ketones is 1. The third-order valence-electron chi connectivity index (χ3n) is 5.97. The zero-order valence-corrected chi connectivity index (χ0v) is 11.6. The second-order valence-electron chi connectivity index (χ2n) is 6.82. The zero-order valence-electron chi connectivity index (χ0n) is 11.6. The Morgan fingerprint density at radius 3 is 2.30 bits per heavy atom. The van der Waals surface area contributed by atoms with Crippen molar-refractivity contribution in [3.63, 3.8) is 0 Å². The van der Waals surface area contributed by atoms with E-state index in [4.69, 9.17) is 9.47 Å². The van der Waals surface area contributed by atoms with Gasteiger partial charge in [0.05, 0.1) is 0 Å². The average Bonchev–Trinajstić information content (AvgIpc) is 2.92. The largest absolute Gasteiger partial charge is 0.422 e. The van der Waals surface area contributed by atoms with Gasteiger partial charge in [0.2, 0.25) is 0 Å². The number of rotatable bonds is 2. The van der Waals surface area contributed by atoms with E-state index in [0.717, 1.165) is 6.42 Å². The lowest BCUT2D eigenvalue weighted by atomic mass is 9.79. The minimum atomic E-state index is -1.18. The molecule has 20 heavy (non-hydrogen) atoms. The first-order valence-electron chi connectivity index (χ1n) is 7.35. The summed E-state index contributed by atoms with van der Waals surface area (Å²) in [6.45, 7) is 2.66. The molecule has 0 aromatic rings. The van der Waals surface area contributed by atoms with Crippen LogP contribution < -0.4 is 0 Å². The van der Waals surface area contributed by atoms with Crippen LogP contribution in [0.15, 0.2) is 0 Å². The molecule has 0 radical (unpaired) electrons. The summed E-state index contributed by atoms with van der Waals surface area (Å²) >= 11 is 0. The molecule has 0 N–H and O–H groups in total. The molecule has 0 aromatic heterocycles. The Morgan fingerprint density at radius 1 is 1.05 bits per heavy atom. The second kappa shape index (κ2) is 3.62. The van der Waals surface area contributed by atoms with Gasteiger partial charge in [-0.25, -0.2) is 0 Å². The molecule has 0 amide bonds. The number of ether oxygens (including phenoxy) is 2. The van der Waals surface area contributed by atoms with Gasteiger partial charge in [-0.3, -0.25) is 14.4 Å². The number of esters is 2. The summed E-state index contributed by atoms with van der Waals surface area (Å²) in [6, 6.07) is 0. The molecule has 5 nitrogen and oxygen atoms in total. The number of hydrogen-bond acceptors (Lipinski definition) is 5. The lowest BCUT2D eigenvalue weighted by Gasteiger charge is -2.35. The van der Waals surface area contributed by atoms with Crippen LogP contribution in [-0.2, 0) is 23.9 Å². The number of carbonyl (C=O) groups is 3. The third kappa shape index (κ3) is 1.31. The topological polar surface area (TPSA) is 69.7 Å². The van der Waals surface area contributed by atoms with E-state index in [1.165, 1.54) is 13.8 Å². The second-order valence-corrected chi connectivity index (χ2v) is 6.82. The molecule has 0 heterocycles. The number of hydrogen-bond donors (Lipinski definition) is 0. The molecule has 4 aliphatic carbocycles. The maximum Gasteiger partial charge on any atom is 0.305 e. The minimum absolute atomic E-state index is 0.0672. The Hall–Kier alpha value is -1.39. The van der Waals surface area contributed by atoms with Gasteiger partial charge < -0.3 is 9.47 Å². The van der Waals surface area contributed by atoms with Gasteiger partial charge >= 0.3 is 11.9 Å². The van der Waals surface area contributed by atoms with Crippen molar-refractivity contribution in [2.45, 2.75) is 38.9 Å². The van der Waals surface area contributed by atoms with Gasteiger partial charge in [-0.05, 0) is 30.1 Å². The summed E-state index contributed by atoms with van der Waals surface area (Å²) in [4.78, 5) is 35.2. The van der Waals surface area contributed by atoms with E-state index in [2.05, 4.69) is 0 Å². The maximum absolute atomic E-state index is 12.3. The van der Waals surface area contributed by atoms with E-state index < -0.39 is 17.7 Å². The highest BCUT2D eigenvalue weighted by Gasteiger charge is 2.76. The third-order valence-corrected chi connectivity index (χ3v) is 5.97. The number of fused-ring (bicyclic) bond motifs is 2.